The zero-order valence-electron chi connectivity index (χ0n) is 16.1. The average Bonchev–Trinajstić information content (AvgIpc) is 3.12. The van der Waals surface area contributed by atoms with Crippen molar-refractivity contribution in [2.75, 3.05) is 31.1 Å². The van der Waals surface area contributed by atoms with Gasteiger partial charge in [0.2, 0.25) is 10.0 Å². The zero-order valence-corrected chi connectivity index (χ0v) is 17.7. The van der Waals surface area contributed by atoms with Crippen LogP contribution in [0.4, 0.5) is 5.82 Å². The molecule has 5 nitrogen and oxygen atoms in total. The number of aromatic nitrogens is 1. The number of pyridine rings is 1. The van der Waals surface area contributed by atoms with E-state index in [1.165, 1.54) is 10.1 Å². The molecule has 0 atom stereocenters. The quantitative estimate of drug-likeness (QED) is 0.494. The number of hydrogen-bond donors (Lipinski definition) is 0. The molecule has 0 radical (unpaired) electrons. The molecule has 0 saturated carbocycles. The minimum absolute atomic E-state index is 0.374. The Hall–Kier alpha value is -2.48. The number of benzene rings is 2. The zero-order chi connectivity index (χ0) is 20.0. The fraction of sp³-hybridized carbons (Fsp3) is 0.227. The first-order valence-corrected chi connectivity index (χ1v) is 11.9. The molecule has 29 heavy (non-hydrogen) atoms. The smallest absolute Gasteiger partial charge is 0.243 e. The third-order valence-corrected chi connectivity index (χ3v) is 8.54. The van der Waals surface area contributed by atoms with E-state index in [1.54, 1.807) is 27.9 Å². The van der Waals surface area contributed by atoms with Gasteiger partial charge in [0.15, 0.2) is 0 Å². The molecule has 0 spiro atoms. The lowest BCUT2D eigenvalue weighted by Gasteiger charge is -2.35. The molecule has 0 unspecified atom stereocenters. The maximum Gasteiger partial charge on any atom is 0.243 e. The highest BCUT2D eigenvalue weighted by atomic mass is 32.2. The second-order valence-corrected chi connectivity index (χ2v) is 10.3. The number of anilines is 1. The summed E-state index contributed by atoms with van der Waals surface area (Å²) in [7, 11) is -3.51. The van der Waals surface area contributed by atoms with E-state index in [1.807, 2.05) is 43.3 Å². The molecule has 4 aromatic rings. The SMILES string of the molecule is Cc1cccnc1N1CCN(S(=O)(=O)c2ccc3c(c2)sc2ccccc23)CC1. The van der Waals surface area contributed by atoms with Gasteiger partial charge in [-0.15, -0.1) is 11.3 Å². The number of hydrogen-bond acceptors (Lipinski definition) is 5. The van der Waals surface area contributed by atoms with Crippen LogP contribution in [0.3, 0.4) is 0 Å². The van der Waals surface area contributed by atoms with Crippen LogP contribution in [-0.2, 0) is 10.0 Å². The van der Waals surface area contributed by atoms with Crippen molar-refractivity contribution in [1.82, 2.24) is 9.29 Å². The number of rotatable bonds is 3. The van der Waals surface area contributed by atoms with E-state index in [-0.39, 0.29) is 0 Å². The van der Waals surface area contributed by atoms with Crippen LogP contribution in [0, 0.1) is 6.92 Å². The van der Waals surface area contributed by atoms with Crippen LogP contribution in [0.2, 0.25) is 0 Å². The van der Waals surface area contributed by atoms with Gasteiger partial charge in [-0.05, 0) is 36.8 Å². The van der Waals surface area contributed by atoms with Gasteiger partial charge in [-0.25, -0.2) is 13.4 Å². The summed E-state index contributed by atoms with van der Waals surface area (Å²) in [4.78, 5) is 7.00. The number of sulfonamides is 1. The summed E-state index contributed by atoms with van der Waals surface area (Å²) in [5.41, 5.74) is 1.11. The highest BCUT2D eigenvalue weighted by Crippen LogP contribution is 2.35. The monoisotopic (exact) mass is 423 g/mol. The topological polar surface area (TPSA) is 53.5 Å². The van der Waals surface area contributed by atoms with E-state index >= 15 is 0 Å². The van der Waals surface area contributed by atoms with Gasteiger partial charge in [0.05, 0.1) is 4.90 Å². The number of thiophene rings is 1. The summed E-state index contributed by atoms with van der Waals surface area (Å²) >= 11 is 1.64. The Morgan fingerprint density at radius 1 is 0.897 bits per heavy atom. The molecule has 5 rings (SSSR count). The van der Waals surface area contributed by atoms with Crippen LogP contribution in [0.5, 0.6) is 0 Å². The standard InChI is InChI=1S/C22H21N3O2S2/c1-16-5-4-10-23-22(16)24-11-13-25(14-12-24)29(26,27)17-8-9-19-18-6-2-3-7-20(18)28-21(19)15-17/h2-10,15H,11-14H2,1H3. The largest absolute Gasteiger partial charge is 0.354 e. The Morgan fingerprint density at radius 3 is 2.45 bits per heavy atom. The molecule has 2 aromatic heterocycles. The normalized spacial score (nSPS) is 16.0. The van der Waals surface area contributed by atoms with Gasteiger partial charge in [-0.2, -0.15) is 4.31 Å². The highest BCUT2D eigenvalue weighted by molar-refractivity contribution is 7.89. The molecular formula is C22H21N3O2S2. The van der Waals surface area contributed by atoms with Gasteiger partial charge in [-0.3, -0.25) is 0 Å². The molecule has 148 valence electrons. The summed E-state index contributed by atoms with van der Waals surface area (Å²) in [5, 5.41) is 2.29. The van der Waals surface area contributed by atoms with E-state index in [2.05, 4.69) is 22.0 Å². The van der Waals surface area contributed by atoms with Crippen LogP contribution < -0.4 is 4.90 Å². The summed E-state index contributed by atoms with van der Waals surface area (Å²) in [6.45, 7) is 4.24. The maximum absolute atomic E-state index is 13.3. The second-order valence-electron chi connectivity index (χ2n) is 7.29. The van der Waals surface area contributed by atoms with Gasteiger partial charge in [0.1, 0.15) is 5.82 Å². The fourth-order valence-electron chi connectivity index (χ4n) is 3.96. The summed E-state index contributed by atoms with van der Waals surface area (Å²) in [5.74, 6) is 0.941. The molecule has 0 aliphatic carbocycles. The number of nitrogens with zero attached hydrogens (tertiary/aromatic N) is 3. The molecule has 1 aliphatic heterocycles. The van der Waals surface area contributed by atoms with Gasteiger partial charge in [-0.1, -0.05) is 30.3 Å². The fourth-order valence-corrected chi connectivity index (χ4v) is 6.63. The van der Waals surface area contributed by atoms with Crippen LogP contribution in [-0.4, -0.2) is 43.9 Å². The molecule has 0 N–H and O–H groups in total. The second kappa shape index (κ2) is 7.09. The van der Waals surface area contributed by atoms with Crippen molar-refractivity contribution in [2.45, 2.75) is 11.8 Å². The number of aryl methyl sites for hydroxylation is 1. The molecule has 1 aliphatic rings. The lowest BCUT2D eigenvalue weighted by molar-refractivity contribution is 0.383. The van der Waals surface area contributed by atoms with Crippen LogP contribution >= 0.6 is 11.3 Å². The van der Waals surface area contributed by atoms with Crippen LogP contribution in [0.15, 0.2) is 65.7 Å². The Bertz CT molecular complexity index is 1310. The Kier molecular flexibility index (Phi) is 4.53. The molecule has 2 aromatic carbocycles. The van der Waals surface area contributed by atoms with Crippen LogP contribution in [0.1, 0.15) is 5.56 Å². The summed E-state index contributed by atoms with van der Waals surface area (Å²) in [6.07, 6.45) is 1.78. The van der Waals surface area contributed by atoms with E-state index in [0.29, 0.717) is 31.1 Å². The minimum Gasteiger partial charge on any atom is -0.354 e. The minimum atomic E-state index is -3.51. The Balaban J connectivity index is 1.41. The van der Waals surface area contributed by atoms with Gasteiger partial charge in [0, 0.05) is 52.5 Å². The van der Waals surface area contributed by atoms with Gasteiger partial charge < -0.3 is 4.90 Å². The Morgan fingerprint density at radius 2 is 1.66 bits per heavy atom. The first-order valence-electron chi connectivity index (χ1n) is 9.62. The molecule has 3 heterocycles. The molecule has 1 fully saturated rings. The lowest BCUT2D eigenvalue weighted by Crippen LogP contribution is -2.49. The average molecular weight is 424 g/mol. The van der Waals surface area contributed by atoms with Crippen molar-refractivity contribution in [2.24, 2.45) is 0 Å². The van der Waals surface area contributed by atoms with Crippen molar-refractivity contribution in [3.8, 4) is 0 Å². The maximum atomic E-state index is 13.3. The molecule has 1 saturated heterocycles. The van der Waals surface area contributed by atoms with Crippen molar-refractivity contribution >= 4 is 47.4 Å². The van der Waals surface area contributed by atoms with Crippen LogP contribution in [0.25, 0.3) is 20.2 Å². The molecule has 7 heteroatoms. The van der Waals surface area contributed by atoms with E-state index in [0.717, 1.165) is 21.5 Å². The molecule has 0 amide bonds. The van der Waals surface area contributed by atoms with Gasteiger partial charge in [0.25, 0.3) is 0 Å². The molecule has 0 bridgehead atoms. The first kappa shape index (κ1) is 18.5. The Labute approximate surface area is 174 Å². The van der Waals surface area contributed by atoms with Gasteiger partial charge >= 0.3 is 0 Å². The first-order chi connectivity index (χ1) is 14.0. The van der Waals surface area contributed by atoms with E-state index in [4.69, 9.17) is 0 Å². The summed E-state index contributed by atoms with van der Waals surface area (Å²) < 4.78 is 30.3. The van der Waals surface area contributed by atoms with E-state index < -0.39 is 10.0 Å². The van der Waals surface area contributed by atoms with Crippen molar-refractivity contribution in [3.05, 3.63) is 66.4 Å². The third-order valence-electron chi connectivity index (χ3n) is 5.51. The lowest BCUT2D eigenvalue weighted by atomic mass is 10.2. The third kappa shape index (κ3) is 3.19. The number of piperazine rings is 1. The highest BCUT2D eigenvalue weighted by Gasteiger charge is 2.29. The summed E-state index contributed by atoms with van der Waals surface area (Å²) in [6, 6.07) is 17.6. The van der Waals surface area contributed by atoms with E-state index in [9.17, 15) is 8.42 Å². The number of fused-ring (bicyclic) bond motifs is 3. The predicted molar refractivity (Wildman–Crippen MR) is 119 cm³/mol. The van der Waals surface area contributed by atoms with Crippen molar-refractivity contribution in [3.63, 3.8) is 0 Å². The molecular weight excluding hydrogens is 402 g/mol. The van der Waals surface area contributed by atoms with Crippen molar-refractivity contribution in [1.29, 1.82) is 0 Å². The predicted octanol–water partition coefficient (Wildman–Crippen LogP) is 4.27. The van der Waals surface area contributed by atoms with Crippen molar-refractivity contribution < 1.29 is 8.42 Å².